The molecule has 1 aliphatic heterocycles. The maximum atomic E-state index is 13.2. The lowest BCUT2D eigenvalue weighted by molar-refractivity contribution is -0.118. The molecule has 0 saturated heterocycles. The van der Waals surface area contributed by atoms with Gasteiger partial charge in [0.15, 0.2) is 17.3 Å². The number of nitrogens with one attached hydrogen (secondary N) is 1. The Labute approximate surface area is 168 Å². The molecule has 0 unspecified atom stereocenters. The molecular weight excluding hydrogens is 380 g/mol. The predicted molar refractivity (Wildman–Crippen MR) is 106 cm³/mol. The Morgan fingerprint density at radius 3 is 2.68 bits per heavy atom. The molecule has 6 nitrogen and oxygen atoms in total. The van der Waals surface area contributed by atoms with E-state index in [9.17, 15) is 4.79 Å². The second-order valence-electron chi connectivity index (χ2n) is 8.14. The van der Waals surface area contributed by atoms with Crippen LogP contribution in [0, 0.1) is 12.3 Å². The van der Waals surface area contributed by atoms with Crippen molar-refractivity contribution in [3.8, 4) is 11.5 Å². The van der Waals surface area contributed by atoms with Crippen molar-refractivity contribution in [3.63, 3.8) is 0 Å². The van der Waals surface area contributed by atoms with Crippen molar-refractivity contribution >= 4 is 23.3 Å². The molecule has 4 rings (SSSR count). The zero-order valence-corrected chi connectivity index (χ0v) is 17.4. The van der Waals surface area contributed by atoms with Crippen molar-refractivity contribution in [2.75, 3.05) is 19.5 Å². The molecule has 1 atom stereocenters. The summed E-state index contributed by atoms with van der Waals surface area (Å²) in [6.45, 7) is 6.07. The van der Waals surface area contributed by atoms with Gasteiger partial charge in [-0.3, -0.25) is 4.79 Å². The maximum absolute atomic E-state index is 13.2. The summed E-state index contributed by atoms with van der Waals surface area (Å²) in [5.41, 5.74) is 3.96. The summed E-state index contributed by atoms with van der Waals surface area (Å²) in [7, 11) is 3.11. The third-order valence-electron chi connectivity index (χ3n) is 5.46. The molecule has 0 radical (unpaired) electrons. The summed E-state index contributed by atoms with van der Waals surface area (Å²) in [6.07, 6.45) is 1.25. The molecule has 0 bridgehead atoms. The fourth-order valence-corrected chi connectivity index (χ4v) is 4.60. The van der Waals surface area contributed by atoms with Gasteiger partial charge in [0.05, 0.1) is 30.5 Å². The number of carbonyl (C=O) groups is 1. The Balaban J connectivity index is 1.96. The van der Waals surface area contributed by atoms with E-state index in [0.717, 1.165) is 34.5 Å². The number of hydrogen-bond donors (Lipinski definition) is 1. The highest BCUT2D eigenvalue weighted by Crippen LogP contribution is 2.51. The summed E-state index contributed by atoms with van der Waals surface area (Å²) in [4.78, 5) is 13.2. The van der Waals surface area contributed by atoms with Crippen LogP contribution in [0.3, 0.4) is 0 Å². The quantitative estimate of drug-likeness (QED) is 0.790. The molecular formula is C21H23ClN2O4. The number of ketones is 1. The van der Waals surface area contributed by atoms with Crippen LogP contribution in [-0.4, -0.2) is 25.2 Å². The van der Waals surface area contributed by atoms with Crippen molar-refractivity contribution in [2.45, 2.75) is 39.5 Å². The standard InChI is InChI=1S/C21H23ClN2O4/c1-10-16-17(11-6-12(22)19(27-5)15(7-11)26-4)18-13(23-20(16)28-24-10)8-21(2,3)9-14(18)25/h6-7,17,23H,8-9H2,1-5H3/t17-/m1/s1. The minimum atomic E-state index is -0.321. The highest BCUT2D eigenvalue weighted by Gasteiger charge is 2.43. The van der Waals surface area contributed by atoms with Crippen molar-refractivity contribution in [1.82, 2.24) is 5.16 Å². The van der Waals surface area contributed by atoms with E-state index in [2.05, 4.69) is 24.3 Å². The highest BCUT2D eigenvalue weighted by atomic mass is 35.5. The number of methoxy groups -OCH3 is 2. The van der Waals surface area contributed by atoms with Crippen LogP contribution in [0.15, 0.2) is 27.9 Å². The van der Waals surface area contributed by atoms with E-state index in [1.165, 1.54) is 0 Å². The van der Waals surface area contributed by atoms with E-state index in [0.29, 0.717) is 28.8 Å². The first-order chi connectivity index (χ1) is 13.3. The van der Waals surface area contributed by atoms with Crippen LogP contribution < -0.4 is 14.8 Å². The van der Waals surface area contributed by atoms with Crippen molar-refractivity contribution in [1.29, 1.82) is 0 Å². The zero-order chi connectivity index (χ0) is 20.2. The zero-order valence-electron chi connectivity index (χ0n) is 16.6. The molecule has 1 aromatic carbocycles. The molecule has 1 aromatic heterocycles. The molecule has 2 heterocycles. The number of hydrogen-bond acceptors (Lipinski definition) is 6. The van der Waals surface area contributed by atoms with Gasteiger partial charge in [-0.1, -0.05) is 30.6 Å². The molecule has 1 N–H and O–H groups in total. The lowest BCUT2D eigenvalue weighted by atomic mass is 9.69. The van der Waals surface area contributed by atoms with Crippen LogP contribution in [0.4, 0.5) is 5.88 Å². The Morgan fingerprint density at radius 1 is 1.25 bits per heavy atom. The monoisotopic (exact) mass is 402 g/mol. The number of allylic oxidation sites excluding steroid dienone is 2. The number of benzene rings is 1. The van der Waals surface area contributed by atoms with Gasteiger partial charge in [0.2, 0.25) is 5.88 Å². The van der Waals surface area contributed by atoms with Crippen LogP contribution in [-0.2, 0) is 4.79 Å². The molecule has 2 aromatic rings. The Morgan fingerprint density at radius 2 is 2.00 bits per heavy atom. The minimum Gasteiger partial charge on any atom is -0.493 e. The number of carbonyl (C=O) groups excluding carboxylic acids is 1. The predicted octanol–water partition coefficient (Wildman–Crippen LogP) is 4.85. The second-order valence-corrected chi connectivity index (χ2v) is 8.55. The van der Waals surface area contributed by atoms with E-state index in [1.807, 2.05) is 19.1 Å². The van der Waals surface area contributed by atoms with E-state index < -0.39 is 0 Å². The highest BCUT2D eigenvalue weighted by molar-refractivity contribution is 6.32. The largest absolute Gasteiger partial charge is 0.493 e. The first-order valence-corrected chi connectivity index (χ1v) is 9.54. The number of nitrogens with zero attached hydrogens (tertiary/aromatic N) is 1. The SMILES string of the molecule is COc1cc([C@H]2C3=C(CC(C)(C)CC3=O)Nc3onc(C)c32)cc(Cl)c1OC. The first-order valence-electron chi connectivity index (χ1n) is 9.16. The summed E-state index contributed by atoms with van der Waals surface area (Å²) < 4.78 is 16.4. The smallest absolute Gasteiger partial charge is 0.233 e. The fraction of sp³-hybridized carbons (Fsp3) is 0.429. The molecule has 0 spiro atoms. The van der Waals surface area contributed by atoms with Gasteiger partial charge < -0.3 is 19.3 Å². The molecule has 148 valence electrons. The van der Waals surface area contributed by atoms with Crippen LogP contribution in [0.2, 0.25) is 5.02 Å². The van der Waals surface area contributed by atoms with Gasteiger partial charge in [0.25, 0.3) is 0 Å². The number of aryl methyl sites for hydroxylation is 1. The van der Waals surface area contributed by atoms with Crippen LogP contribution in [0.1, 0.15) is 49.4 Å². The number of anilines is 1. The van der Waals surface area contributed by atoms with Crippen LogP contribution in [0.25, 0.3) is 0 Å². The molecule has 2 aliphatic rings. The van der Waals surface area contributed by atoms with Crippen LogP contribution in [0.5, 0.6) is 11.5 Å². The Kier molecular flexibility index (Phi) is 4.42. The van der Waals surface area contributed by atoms with E-state index >= 15 is 0 Å². The molecule has 0 fully saturated rings. The summed E-state index contributed by atoms with van der Waals surface area (Å²) in [6, 6.07) is 3.70. The van der Waals surface area contributed by atoms with Crippen LogP contribution >= 0.6 is 11.6 Å². The number of fused-ring (bicyclic) bond motifs is 1. The number of ether oxygens (including phenoxy) is 2. The Bertz CT molecular complexity index is 1010. The molecule has 7 heteroatoms. The summed E-state index contributed by atoms with van der Waals surface area (Å²) in [5, 5.41) is 7.87. The Hall–Kier alpha value is -2.47. The van der Waals surface area contributed by atoms with Gasteiger partial charge in [-0.05, 0) is 36.5 Å². The minimum absolute atomic E-state index is 0.116. The van der Waals surface area contributed by atoms with Gasteiger partial charge in [-0.15, -0.1) is 0 Å². The van der Waals surface area contributed by atoms with Crippen molar-refractivity contribution in [3.05, 3.63) is 45.2 Å². The van der Waals surface area contributed by atoms with Gasteiger partial charge in [-0.2, -0.15) is 0 Å². The summed E-state index contributed by atoms with van der Waals surface area (Å²) in [5.74, 6) is 1.37. The van der Waals surface area contributed by atoms with Gasteiger partial charge in [0.1, 0.15) is 0 Å². The molecule has 1 aliphatic carbocycles. The molecule has 0 amide bonds. The van der Waals surface area contributed by atoms with Gasteiger partial charge in [-0.25, -0.2) is 0 Å². The third kappa shape index (κ3) is 2.87. The van der Waals surface area contributed by atoms with E-state index in [4.69, 9.17) is 25.6 Å². The number of rotatable bonds is 3. The fourth-order valence-electron chi connectivity index (χ4n) is 4.31. The van der Waals surface area contributed by atoms with E-state index in [1.54, 1.807) is 14.2 Å². The third-order valence-corrected chi connectivity index (χ3v) is 5.74. The number of aromatic nitrogens is 1. The lowest BCUT2D eigenvalue weighted by Crippen LogP contribution is -2.33. The average molecular weight is 403 g/mol. The molecule has 0 saturated carbocycles. The van der Waals surface area contributed by atoms with Gasteiger partial charge in [0, 0.05) is 23.6 Å². The number of Topliss-reactive ketones (excluding diaryl/α,β-unsaturated/α-hetero) is 1. The van der Waals surface area contributed by atoms with Crippen molar-refractivity contribution < 1.29 is 18.8 Å². The molecule has 28 heavy (non-hydrogen) atoms. The maximum Gasteiger partial charge on any atom is 0.233 e. The number of halogens is 1. The topological polar surface area (TPSA) is 73.6 Å². The lowest BCUT2D eigenvalue weighted by Gasteiger charge is -2.37. The van der Waals surface area contributed by atoms with Crippen molar-refractivity contribution in [2.24, 2.45) is 5.41 Å². The van der Waals surface area contributed by atoms with Gasteiger partial charge >= 0.3 is 0 Å². The normalized spacial score (nSPS) is 20.4. The van der Waals surface area contributed by atoms with E-state index in [-0.39, 0.29) is 17.1 Å². The first kappa shape index (κ1) is 18.9. The second kappa shape index (κ2) is 6.55. The average Bonchev–Trinajstić information content (AvgIpc) is 2.98. The summed E-state index contributed by atoms with van der Waals surface area (Å²) >= 11 is 6.47.